The molecule has 5 heteroatoms. The quantitative estimate of drug-likeness (QED) is 0.776. The van der Waals surface area contributed by atoms with Crippen LogP contribution < -0.4 is 0 Å². The van der Waals surface area contributed by atoms with Crippen LogP contribution in [0.1, 0.15) is 25.8 Å². The van der Waals surface area contributed by atoms with Crippen molar-refractivity contribution < 1.29 is 13.3 Å². The third kappa shape index (κ3) is 2.68. The summed E-state index contributed by atoms with van der Waals surface area (Å²) in [6, 6.07) is 6.79. The molecule has 0 amide bonds. The minimum atomic E-state index is -3.47. The number of aryl methyl sites for hydroxylation is 1. The number of hydroxylamine groups is 1. The molecule has 0 N–H and O–H groups in total. The maximum atomic E-state index is 12.1. The zero-order chi connectivity index (χ0) is 12.6. The van der Waals surface area contributed by atoms with E-state index in [2.05, 4.69) is 0 Å². The third-order valence-electron chi connectivity index (χ3n) is 2.64. The van der Waals surface area contributed by atoms with Crippen LogP contribution in [0.2, 0.25) is 0 Å². The van der Waals surface area contributed by atoms with Crippen LogP contribution in [0, 0.1) is 12.8 Å². The molecule has 1 aliphatic rings. The van der Waals surface area contributed by atoms with Crippen LogP contribution >= 0.6 is 0 Å². The highest BCUT2D eigenvalue weighted by atomic mass is 32.2. The predicted molar refractivity (Wildman–Crippen MR) is 64.5 cm³/mol. The number of hydrogen-bond acceptors (Lipinski definition) is 3. The van der Waals surface area contributed by atoms with Gasteiger partial charge in [-0.25, -0.2) is 8.42 Å². The van der Waals surface area contributed by atoms with Crippen molar-refractivity contribution >= 4 is 10.0 Å². The summed E-state index contributed by atoms with van der Waals surface area (Å²) in [5, 5.41) is 0. The lowest BCUT2D eigenvalue weighted by molar-refractivity contribution is 0.276. The first-order valence-corrected chi connectivity index (χ1v) is 7.13. The molecule has 1 saturated heterocycles. The molecule has 0 bridgehead atoms. The van der Waals surface area contributed by atoms with Crippen molar-refractivity contribution in [2.24, 2.45) is 5.92 Å². The summed E-state index contributed by atoms with van der Waals surface area (Å²) in [5.41, 5.74) is 1.04. The van der Waals surface area contributed by atoms with E-state index in [9.17, 15) is 8.42 Å². The van der Waals surface area contributed by atoms with Gasteiger partial charge in [-0.1, -0.05) is 31.5 Å². The van der Waals surface area contributed by atoms with Crippen molar-refractivity contribution in [1.29, 1.82) is 0 Å². The van der Waals surface area contributed by atoms with Gasteiger partial charge in [-0.15, -0.1) is 0 Å². The lowest BCUT2D eigenvalue weighted by Crippen LogP contribution is -2.15. The summed E-state index contributed by atoms with van der Waals surface area (Å²) >= 11 is 0. The van der Waals surface area contributed by atoms with Gasteiger partial charge in [-0.05, 0) is 35.9 Å². The summed E-state index contributed by atoms with van der Waals surface area (Å²) in [6.07, 6.45) is 0.437. The van der Waals surface area contributed by atoms with Crippen molar-refractivity contribution in [1.82, 2.24) is 4.47 Å². The smallest absolute Gasteiger partial charge is 0.259 e. The van der Waals surface area contributed by atoms with Crippen molar-refractivity contribution in [2.75, 3.05) is 0 Å². The van der Waals surface area contributed by atoms with Crippen LogP contribution in [0.5, 0.6) is 0 Å². The molecule has 0 aliphatic carbocycles. The van der Waals surface area contributed by atoms with Gasteiger partial charge in [0, 0.05) is 0 Å². The maximum absolute atomic E-state index is 12.1. The fraction of sp³-hybridized carbons (Fsp3) is 0.500. The minimum Gasteiger partial charge on any atom is -0.259 e. The molecule has 4 nitrogen and oxygen atoms in total. The Kier molecular flexibility index (Phi) is 3.25. The van der Waals surface area contributed by atoms with Gasteiger partial charge in [0.1, 0.15) is 0 Å². The third-order valence-corrected chi connectivity index (χ3v) is 4.31. The van der Waals surface area contributed by atoms with Gasteiger partial charge >= 0.3 is 0 Å². The Morgan fingerprint density at radius 3 is 2.41 bits per heavy atom. The van der Waals surface area contributed by atoms with Gasteiger partial charge in [0.05, 0.1) is 4.90 Å². The summed E-state index contributed by atoms with van der Waals surface area (Å²) in [7, 11) is -3.47. The van der Waals surface area contributed by atoms with Gasteiger partial charge in [0.15, 0.2) is 6.23 Å². The van der Waals surface area contributed by atoms with Gasteiger partial charge < -0.3 is 0 Å². The zero-order valence-electron chi connectivity index (χ0n) is 10.3. The molecule has 1 aromatic carbocycles. The van der Waals surface area contributed by atoms with E-state index in [1.807, 2.05) is 20.8 Å². The molecule has 0 radical (unpaired) electrons. The molecule has 94 valence electrons. The predicted octanol–water partition coefficient (Wildman–Crippen LogP) is 2.30. The molecule has 2 rings (SSSR count). The van der Waals surface area contributed by atoms with Gasteiger partial charge in [0.25, 0.3) is 10.0 Å². The fourth-order valence-electron chi connectivity index (χ4n) is 1.65. The van der Waals surface area contributed by atoms with Crippen LogP contribution in [0.4, 0.5) is 0 Å². The van der Waals surface area contributed by atoms with Crippen LogP contribution in [0.3, 0.4) is 0 Å². The summed E-state index contributed by atoms with van der Waals surface area (Å²) in [4.78, 5) is 5.41. The first kappa shape index (κ1) is 12.5. The number of nitrogens with zero attached hydrogens (tertiary/aromatic N) is 1. The molecular weight excluding hydrogens is 238 g/mol. The first-order chi connectivity index (χ1) is 7.91. The summed E-state index contributed by atoms with van der Waals surface area (Å²) in [6.45, 7) is 6.00. The number of rotatable bonds is 4. The number of hydrogen-bond donors (Lipinski definition) is 0. The highest BCUT2D eigenvalue weighted by Gasteiger charge is 2.47. The average Bonchev–Trinajstić information content (AvgIpc) is 2.97. The fourth-order valence-corrected chi connectivity index (χ4v) is 2.95. The van der Waals surface area contributed by atoms with Crippen molar-refractivity contribution in [2.45, 2.75) is 38.3 Å². The SMILES string of the molecule is Cc1ccc(S(=O)(=O)N2OC2CC(C)C)cc1. The molecule has 0 aromatic heterocycles. The molecule has 0 spiro atoms. The van der Waals surface area contributed by atoms with Gasteiger partial charge in [-0.2, -0.15) is 0 Å². The standard InChI is InChI=1S/C12H17NO3S/c1-9(2)8-12-13(16-12)17(14,15)11-6-4-10(3)5-7-11/h4-7,9,12H,8H2,1-3H3. The summed E-state index contributed by atoms with van der Waals surface area (Å²) in [5.74, 6) is 0.415. The number of benzene rings is 1. The monoisotopic (exact) mass is 255 g/mol. The highest BCUT2D eigenvalue weighted by molar-refractivity contribution is 7.89. The van der Waals surface area contributed by atoms with Crippen LogP contribution in [0.25, 0.3) is 0 Å². The normalized spacial score (nSPS) is 24.0. The molecule has 1 heterocycles. The Bertz CT molecular complexity index is 493. The van der Waals surface area contributed by atoms with Crippen molar-refractivity contribution in [3.05, 3.63) is 29.8 Å². The van der Waals surface area contributed by atoms with E-state index in [4.69, 9.17) is 4.84 Å². The van der Waals surface area contributed by atoms with Crippen LogP contribution in [-0.4, -0.2) is 19.1 Å². The van der Waals surface area contributed by atoms with E-state index in [0.29, 0.717) is 5.92 Å². The molecule has 1 aliphatic heterocycles. The summed E-state index contributed by atoms with van der Waals surface area (Å²) < 4.78 is 25.3. The molecule has 0 saturated carbocycles. The lowest BCUT2D eigenvalue weighted by Gasteiger charge is -2.03. The molecule has 1 aromatic rings. The Morgan fingerprint density at radius 2 is 1.88 bits per heavy atom. The first-order valence-electron chi connectivity index (χ1n) is 5.69. The Hall–Kier alpha value is -0.910. The Balaban J connectivity index is 2.13. The Morgan fingerprint density at radius 1 is 1.29 bits per heavy atom. The highest BCUT2D eigenvalue weighted by Crippen LogP contribution is 2.33. The molecule has 2 unspecified atom stereocenters. The van der Waals surface area contributed by atoms with E-state index in [1.54, 1.807) is 24.3 Å². The maximum Gasteiger partial charge on any atom is 0.267 e. The second kappa shape index (κ2) is 4.40. The second-order valence-electron chi connectivity index (χ2n) is 4.76. The van der Waals surface area contributed by atoms with E-state index >= 15 is 0 Å². The Labute approximate surface area is 102 Å². The van der Waals surface area contributed by atoms with E-state index < -0.39 is 10.0 Å². The molecule has 17 heavy (non-hydrogen) atoms. The minimum absolute atomic E-state index is 0.286. The van der Waals surface area contributed by atoms with E-state index in [0.717, 1.165) is 16.5 Å². The van der Waals surface area contributed by atoms with Crippen LogP contribution in [0.15, 0.2) is 29.2 Å². The molecular formula is C12H17NO3S. The van der Waals surface area contributed by atoms with Crippen molar-refractivity contribution in [3.63, 3.8) is 0 Å². The molecule has 1 fully saturated rings. The zero-order valence-corrected chi connectivity index (χ0v) is 11.1. The van der Waals surface area contributed by atoms with Crippen LogP contribution in [-0.2, 0) is 14.9 Å². The van der Waals surface area contributed by atoms with E-state index in [1.165, 1.54) is 0 Å². The lowest BCUT2D eigenvalue weighted by atomic mass is 10.1. The van der Waals surface area contributed by atoms with Crippen molar-refractivity contribution in [3.8, 4) is 0 Å². The topological polar surface area (TPSA) is 49.7 Å². The van der Waals surface area contributed by atoms with Gasteiger partial charge in [0.2, 0.25) is 0 Å². The molecule has 2 atom stereocenters. The largest absolute Gasteiger partial charge is 0.267 e. The average molecular weight is 255 g/mol. The second-order valence-corrected chi connectivity index (χ2v) is 6.54. The van der Waals surface area contributed by atoms with Gasteiger partial charge in [-0.3, -0.25) is 4.84 Å². The van der Waals surface area contributed by atoms with E-state index in [-0.39, 0.29) is 11.1 Å². The number of sulfonamides is 1.